The van der Waals surface area contributed by atoms with Gasteiger partial charge in [-0.15, -0.1) is 0 Å². The molecular formula is C16H12N4. The Morgan fingerprint density at radius 1 is 0.900 bits per heavy atom. The third-order valence-electron chi connectivity index (χ3n) is 3.34. The quantitative estimate of drug-likeness (QED) is 0.575. The van der Waals surface area contributed by atoms with E-state index in [1.807, 2.05) is 30.5 Å². The highest BCUT2D eigenvalue weighted by molar-refractivity contribution is 5.91. The molecule has 3 aromatic heterocycles. The van der Waals surface area contributed by atoms with E-state index in [9.17, 15) is 0 Å². The van der Waals surface area contributed by atoms with Crippen LogP contribution in [0.25, 0.3) is 21.8 Å². The molecule has 96 valence electrons. The van der Waals surface area contributed by atoms with Crippen molar-refractivity contribution in [1.29, 1.82) is 0 Å². The Kier molecular flexibility index (Phi) is 2.39. The monoisotopic (exact) mass is 260 g/mol. The normalized spacial score (nSPS) is 11.0. The average molecular weight is 260 g/mol. The molecule has 0 spiro atoms. The van der Waals surface area contributed by atoms with Crippen molar-refractivity contribution in [2.75, 3.05) is 5.32 Å². The van der Waals surface area contributed by atoms with Crippen LogP contribution < -0.4 is 5.32 Å². The second-order valence-corrected chi connectivity index (χ2v) is 4.64. The molecule has 0 aliphatic rings. The van der Waals surface area contributed by atoms with E-state index < -0.39 is 0 Å². The highest BCUT2D eigenvalue weighted by Crippen LogP contribution is 2.24. The molecule has 0 saturated heterocycles. The fourth-order valence-electron chi connectivity index (χ4n) is 2.36. The summed E-state index contributed by atoms with van der Waals surface area (Å²) in [4.78, 5) is 12.0. The number of pyridine rings is 2. The number of nitrogens with one attached hydrogen (secondary N) is 2. The zero-order valence-corrected chi connectivity index (χ0v) is 10.7. The Morgan fingerprint density at radius 2 is 1.90 bits per heavy atom. The lowest BCUT2D eigenvalue weighted by atomic mass is 10.2. The summed E-state index contributed by atoms with van der Waals surface area (Å²) in [7, 11) is 0. The largest absolute Gasteiger partial charge is 0.361 e. The highest BCUT2D eigenvalue weighted by atomic mass is 15.0. The van der Waals surface area contributed by atoms with Gasteiger partial charge in [-0.3, -0.25) is 4.98 Å². The second kappa shape index (κ2) is 4.35. The van der Waals surface area contributed by atoms with Gasteiger partial charge in [0.15, 0.2) is 5.82 Å². The first-order chi connectivity index (χ1) is 9.90. The van der Waals surface area contributed by atoms with Crippen molar-refractivity contribution in [2.24, 2.45) is 0 Å². The molecule has 1 aromatic carbocycles. The molecule has 4 rings (SSSR count). The summed E-state index contributed by atoms with van der Waals surface area (Å²) in [6.45, 7) is 0. The van der Waals surface area contributed by atoms with Gasteiger partial charge in [0, 0.05) is 40.6 Å². The lowest BCUT2D eigenvalue weighted by Gasteiger charge is -2.08. The predicted octanol–water partition coefficient (Wildman–Crippen LogP) is 3.85. The van der Waals surface area contributed by atoms with Crippen molar-refractivity contribution in [3.63, 3.8) is 0 Å². The molecule has 0 aliphatic heterocycles. The van der Waals surface area contributed by atoms with Gasteiger partial charge in [0.1, 0.15) is 5.52 Å². The average Bonchev–Trinajstić information content (AvgIpc) is 2.95. The molecule has 0 unspecified atom stereocenters. The molecular weight excluding hydrogens is 248 g/mol. The summed E-state index contributed by atoms with van der Waals surface area (Å²) in [5.41, 5.74) is 3.01. The summed E-state index contributed by atoms with van der Waals surface area (Å²) in [6.07, 6.45) is 5.51. The third kappa shape index (κ3) is 1.78. The number of hydrogen-bond donors (Lipinski definition) is 2. The smallest absolute Gasteiger partial charge is 0.156 e. The molecule has 4 aromatic rings. The minimum atomic E-state index is 0.776. The van der Waals surface area contributed by atoms with Gasteiger partial charge < -0.3 is 10.3 Å². The van der Waals surface area contributed by atoms with Crippen LogP contribution in [0.5, 0.6) is 0 Å². The van der Waals surface area contributed by atoms with E-state index in [2.05, 4.69) is 38.5 Å². The molecule has 0 atom stereocenters. The van der Waals surface area contributed by atoms with E-state index >= 15 is 0 Å². The van der Waals surface area contributed by atoms with Gasteiger partial charge in [0.05, 0.1) is 0 Å². The Hall–Kier alpha value is -2.88. The molecule has 0 amide bonds. The van der Waals surface area contributed by atoms with Gasteiger partial charge in [-0.05, 0) is 36.4 Å². The molecule has 3 heterocycles. The van der Waals surface area contributed by atoms with Gasteiger partial charge in [-0.25, -0.2) is 4.98 Å². The number of benzene rings is 1. The minimum Gasteiger partial charge on any atom is -0.361 e. The standard InChI is InChI=1S/C16H12N4/c1-2-11-5-9-19-16(15(11)18-7-1)20-13-3-4-14-12(10-13)6-8-17-14/h1-10,17H,(H,19,20). The number of hydrogen-bond acceptors (Lipinski definition) is 3. The lowest BCUT2D eigenvalue weighted by Crippen LogP contribution is -1.95. The maximum absolute atomic E-state index is 4.40. The third-order valence-corrected chi connectivity index (χ3v) is 3.34. The molecule has 20 heavy (non-hydrogen) atoms. The van der Waals surface area contributed by atoms with Crippen LogP contribution in [0.15, 0.2) is 61.1 Å². The first kappa shape index (κ1) is 11.0. The number of aromatic nitrogens is 3. The number of fused-ring (bicyclic) bond motifs is 2. The highest BCUT2D eigenvalue weighted by Gasteiger charge is 2.04. The fourth-order valence-corrected chi connectivity index (χ4v) is 2.36. The van der Waals surface area contributed by atoms with Gasteiger partial charge in [0.2, 0.25) is 0 Å². The maximum atomic E-state index is 4.40. The predicted molar refractivity (Wildman–Crippen MR) is 81.1 cm³/mol. The lowest BCUT2D eigenvalue weighted by molar-refractivity contribution is 1.30. The Morgan fingerprint density at radius 3 is 2.90 bits per heavy atom. The van der Waals surface area contributed by atoms with Crippen molar-refractivity contribution < 1.29 is 0 Å². The maximum Gasteiger partial charge on any atom is 0.156 e. The topological polar surface area (TPSA) is 53.6 Å². The zero-order valence-electron chi connectivity index (χ0n) is 10.7. The summed E-state index contributed by atoms with van der Waals surface area (Å²) >= 11 is 0. The van der Waals surface area contributed by atoms with Crippen LogP contribution in [0.1, 0.15) is 0 Å². The van der Waals surface area contributed by atoms with E-state index in [4.69, 9.17) is 0 Å². The number of H-pyrrole nitrogens is 1. The van der Waals surface area contributed by atoms with Crippen LogP contribution in [0.3, 0.4) is 0 Å². The van der Waals surface area contributed by atoms with Crippen LogP contribution in [0.2, 0.25) is 0 Å². The SMILES string of the molecule is c1cnc2c(Nc3ccc4[nH]ccc4c3)nccc2c1. The molecule has 0 bridgehead atoms. The van der Waals surface area contributed by atoms with Crippen molar-refractivity contribution >= 4 is 33.3 Å². The van der Waals surface area contributed by atoms with Crippen LogP contribution in [0, 0.1) is 0 Å². The first-order valence-corrected chi connectivity index (χ1v) is 6.44. The Balaban J connectivity index is 1.80. The molecule has 0 fully saturated rings. The van der Waals surface area contributed by atoms with E-state index in [-0.39, 0.29) is 0 Å². The van der Waals surface area contributed by atoms with Crippen LogP contribution in [-0.2, 0) is 0 Å². The molecule has 0 radical (unpaired) electrons. The summed E-state index contributed by atoms with van der Waals surface area (Å²) < 4.78 is 0. The number of aromatic amines is 1. The summed E-state index contributed by atoms with van der Waals surface area (Å²) in [5, 5.41) is 5.59. The van der Waals surface area contributed by atoms with Crippen LogP contribution in [0.4, 0.5) is 11.5 Å². The van der Waals surface area contributed by atoms with Crippen LogP contribution in [-0.4, -0.2) is 15.0 Å². The van der Waals surface area contributed by atoms with Crippen molar-refractivity contribution in [3.8, 4) is 0 Å². The fraction of sp³-hybridized carbons (Fsp3) is 0. The van der Waals surface area contributed by atoms with Crippen molar-refractivity contribution in [1.82, 2.24) is 15.0 Å². The number of anilines is 2. The summed E-state index contributed by atoms with van der Waals surface area (Å²) in [5.74, 6) is 0.776. The number of rotatable bonds is 2. The van der Waals surface area contributed by atoms with E-state index in [1.54, 1.807) is 12.4 Å². The van der Waals surface area contributed by atoms with E-state index in [0.717, 1.165) is 27.9 Å². The molecule has 0 saturated carbocycles. The molecule has 0 aliphatic carbocycles. The first-order valence-electron chi connectivity index (χ1n) is 6.44. The van der Waals surface area contributed by atoms with E-state index in [1.165, 1.54) is 5.39 Å². The Bertz CT molecular complexity index is 890. The number of nitrogens with zero attached hydrogens (tertiary/aromatic N) is 2. The Labute approximate surface area is 115 Å². The van der Waals surface area contributed by atoms with Gasteiger partial charge in [-0.2, -0.15) is 0 Å². The van der Waals surface area contributed by atoms with Crippen LogP contribution >= 0.6 is 0 Å². The molecule has 4 heteroatoms. The summed E-state index contributed by atoms with van der Waals surface area (Å²) in [6, 6.07) is 14.1. The zero-order chi connectivity index (χ0) is 13.4. The van der Waals surface area contributed by atoms with Gasteiger partial charge in [-0.1, -0.05) is 6.07 Å². The second-order valence-electron chi connectivity index (χ2n) is 4.64. The molecule has 4 nitrogen and oxygen atoms in total. The van der Waals surface area contributed by atoms with E-state index in [0.29, 0.717) is 0 Å². The van der Waals surface area contributed by atoms with Crippen molar-refractivity contribution in [3.05, 3.63) is 61.1 Å². The van der Waals surface area contributed by atoms with Crippen molar-refractivity contribution in [2.45, 2.75) is 0 Å². The minimum absolute atomic E-state index is 0.776. The molecule has 2 N–H and O–H groups in total. The van der Waals surface area contributed by atoms with Gasteiger partial charge in [0.25, 0.3) is 0 Å². The van der Waals surface area contributed by atoms with Gasteiger partial charge >= 0.3 is 0 Å².